The molecule has 1 saturated heterocycles. The number of ether oxygens (including phenoxy) is 1. The molecule has 0 bridgehead atoms. The van der Waals surface area contributed by atoms with Crippen LogP contribution in [0.1, 0.15) is 30.3 Å². The quantitative estimate of drug-likeness (QED) is 0.842. The maximum atomic E-state index is 11.6. The zero-order valence-electron chi connectivity index (χ0n) is 11.4. The Morgan fingerprint density at radius 2 is 2.10 bits per heavy atom. The van der Waals surface area contributed by atoms with Crippen molar-refractivity contribution in [2.75, 3.05) is 24.6 Å². The van der Waals surface area contributed by atoms with Crippen LogP contribution >= 0.6 is 0 Å². The summed E-state index contributed by atoms with van der Waals surface area (Å²) >= 11 is 0. The van der Waals surface area contributed by atoms with Gasteiger partial charge in [0, 0.05) is 13.1 Å². The van der Waals surface area contributed by atoms with E-state index in [1.807, 2.05) is 6.92 Å². The molecule has 0 unspecified atom stereocenters. The first-order chi connectivity index (χ1) is 9.61. The van der Waals surface area contributed by atoms with Crippen molar-refractivity contribution in [3.05, 3.63) is 24.0 Å². The molecule has 1 aromatic heterocycles. The number of carboxylic acid groups (broad SMARTS) is 1. The number of esters is 1. The van der Waals surface area contributed by atoms with Crippen LogP contribution in [0.5, 0.6) is 0 Å². The molecule has 0 aliphatic carbocycles. The molecule has 0 amide bonds. The summed E-state index contributed by atoms with van der Waals surface area (Å²) in [6, 6.07) is 3.25. The molecule has 2 rings (SSSR count). The number of pyridine rings is 1. The second-order valence-electron chi connectivity index (χ2n) is 4.72. The number of hydrogen-bond donors (Lipinski definition) is 1. The first-order valence-electron chi connectivity index (χ1n) is 6.72. The smallest absolute Gasteiger partial charge is 0.354 e. The van der Waals surface area contributed by atoms with Gasteiger partial charge in [0.2, 0.25) is 0 Å². The standard InChI is InChI=1S/C14H18N2O4/c1-2-20-14(19)10-5-7-16(8-6-10)11-3-4-12(13(17)18)15-9-11/h3-4,9-10H,2,5-8H2,1H3,(H,17,18). The molecule has 0 aromatic carbocycles. The van der Waals surface area contributed by atoms with Crippen LogP contribution < -0.4 is 4.90 Å². The molecular weight excluding hydrogens is 260 g/mol. The third kappa shape index (κ3) is 3.26. The average molecular weight is 278 g/mol. The van der Waals surface area contributed by atoms with E-state index < -0.39 is 5.97 Å². The lowest BCUT2D eigenvalue weighted by atomic mass is 9.97. The van der Waals surface area contributed by atoms with Crippen LogP contribution in [0.3, 0.4) is 0 Å². The fourth-order valence-corrected chi connectivity index (χ4v) is 2.33. The Kier molecular flexibility index (Phi) is 4.55. The predicted molar refractivity (Wildman–Crippen MR) is 72.8 cm³/mol. The van der Waals surface area contributed by atoms with Gasteiger partial charge >= 0.3 is 11.9 Å². The largest absolute Gasteiger partial charge is 0.477 e. The zero-order chi connectivity index (χ0) is 14.5. The molecular formula is C14H18N2O4. The van der Waals surface area contributed by atoms with Crippen molar-refractivity contribution in [2.45, 2.75) is 19.8 Å². The molecule has 108 valence electrons. The number of piperidine rings is 1. The van der Waals surface area contributed by atoms with Gasteiger partial charge in [0.1, 0.15) is 5.69 Å². The first kappa shape index (κ1) is 14.3. The van der Waals surface area contributed by atoms with Gasteiger partial charge in [-0.25, -0.2) is 9.78 Å². The highest BCUT2D eigenvalue weighted by Crippen LogP contribution is 2.23. The maximum absolute atomic E-state index is 11.6. The van der Waals surface area contributed by atoms with E-state index in [1.165, 1.54) is 6.07 Å². The van der Waals surface area contributed by atoms with Gasteiger partial charge in [-0.05, 0) is 31.9 Å². The van der Waals surface area contributed by atoms with E-state index in [0.717, 1.165) is 31.6 Å². The molecule has 0 spiro atoms. The normalized spacial score (nSPS) is 15.9. The third-order valence-corrected chi connectivity index (χ3v) is 3.45. The van der Waals surface area contributed by atoms with Crippen LogP contribution in [0.15, 0.2) is 18.3 Å². The van der Waals surface area contributed by atoms with E-state index in [2.05, 4.69) is 9.88 Å². The van der Waals surface area contributed by atoms with Crippen molar-refractivity contribution in [3.63, 3.8) is 0 Å². The molecule has 20 heavy (non-hydrogen) atoms. The van der Waals surface area contributed by atoms with Gasteiger partial charge < -0.3 is 14.7 Å². The van der Waals surface area contributed by atoms with E-state index in [0.29, 0.717) is 6.61 Å². The Morgan fingerprint density at radius 1 is 1.40 bits per heavy atom. The zero-order valence-corrected chi connectivity index (χ0v) is 11.4. The molecule has 6 heteroatoms. The van der Waals surface area contributed by atoms with Gasteiger partial charge in [0.25, 0.3) is 0 Å². The van der Waals surface area contributed by atoms with Gasteiger partial charge in [0.15, 0.2) is 0 Å². The molecule has 1 aliphatic heterocycles. The van der Waals surface area contributed by atoms with Crippen molar-refractivity contribution in [2.24, 2.45) is 5.92 Å². The van der Waals surface area contributed by atoms with Crippen LogP contribution in [0.25, 0.3) is 0 Å². The first-order valence-corrected chi connectivity index (χ1v) is 6.72. The van der Waals surface area contributed by atoms with E-state index >= 15 is 0 Å². The number of rotatable bonds is 4. The maximum Gasteiger partial charge on any atom is 0.354 e. The molecule has 1 fully saturated rings. The summed E-state index contributed by atoms with van der Waals surface area (Å²) in [6.45, 7) is 3.72. The number of aromatic nitrogens is 1. The number of nitrogens with zero attached hydrogens (tertiary/aromatic N) is 2. The third-order valence-electron chi connectivity index (χ3n) is 3.45. The van der Waals surface area contributed by atoms with Crippen molar-refractivity contribution < 1.29 is 19.4 Å². The topological polar surface area (TPSA) is 79.7 Å². The molecule has 1 N–H and O–H groups in total. The number of hydrogen-bond acceptors (Lipinski definition) is 5. The Labute approximate surface area is 117 Å². The Bertz CT molecular complexity index is 478. The van der Waals surface area contributed by atoms with Gasteiger partial charge in [-0.3, -0.25) is 4.79 Å². The lowest BCUT2D eigenvalue weighted by molar-refractivity contribution is -0.148. The Hall–Kier alpha value is -2.11. The van der Waals surface area contributed by atoms with Crippen LogP contribution in [0, 0.1) is 5.92 Å². The van der Waals surface area contributed by atoms with E-state index in [1.54, 1.807) is 12.3 Å². The Balaban J connectivity index is 1.93. The van der Waals surface area contributed by atoms with Crippen LogP contribution in [0.2, 0.25) is 0 Å². The van der Waals surface area contributed by atoms with Gasteiger partial charge in [-0.15, -0.1) is 0 Å². The fourth-order valence-electron chi connectivity index (χ4n) is 2.33. The number of anilines is 1. The van der Waals surface area contributed by atoms with Gasteiger partial charge in [-0.1, -0.05) is 0 Å². The highest BCUT2D eigenvalue weighted by atomic mass is 16.5. The van der Waals surface area contributed by atoms with Crippen LogP contribution in [-0.2, 0) is 9.53 Å². The van der Waals surface area contributed by atoms with E-state index in [4.69, 9.17) is 9.84 Å². The molecule has 1 aromatic rings. The summed E-state index contributed by atoms with van der Waals surface area (Å²) in [5, 5.41) is 8.80. The molecule has 6 nitrogen and oxygen atoms in total. The summed E-state index contributed by atoms with van der Waals surface area (Å²) in [5.41, 5.74) is 0.924. The number of carbonyl (C=O) groups excluding carboxylic acids is 1. The predicted octanol–water partition coefficient (Wildman–Crippen LogP) is 1.56. The lowest BCUT2D eigenvalue weighted by Crippen LogP contribution is -2.37. The summed E-state index contributed by atoms with van der Waals surface area (Å²) < 4.78 is 5.03. The minimum atomic E-state index is -1.03. The second-order valence-corrected chi connectivity index (χ2v) is 4.72. The highest BCUT2D eigenvalue weighted by Gasteiger charge is 2.26. The SMILES string of the molecule is CCOC(=O)C1CCN(c2ccc(C(=O)O)nc2)CC1. The lowest BCUT2D eigenvalue weighted by Gasteiger charge is -2.32. The van der Waals surface area contributed by atoms with Gasteiger partial charge in [0.05, 0.1) is 24.4 Å². The molecule has 0 atom stereocenters. The Morgan fingerprint density at radius 3 is 2.60 bits per heavy atom. The second kappa shape index (κ2) is 6.36. The summed E-state index contributed by atoms with van der Waals surface area (Å²) in [4.78, 5) is 28.4. The van der Waals surface area contributed by atoms with Crippen LogP contribution in [-0.4, -0.2) is 41.7 Å². The van der Waals surface area contributed by atoms with Crippen molar-refractivity contribution >= 4 is 17.6 Å². The number of carboxylic acids is 1. The summed E-state index contributed by atoms with van der Waals surface area (Å²) in [5.74, 6) is -1.18. The monoisotopic (exact) mass is 278 g/mol. The minimum Gasteiger partial charge on any atom is -0.477 e. The average Bonchev–Trinajstić information content (AvgIpc) is 2.48. The van der Waals surface area contributed by atoms with E-state index in [9.17, 15) is 9.59 Å². The van der Waals surface area contributed by atoms with Gasteiger partial charge in [-0.2, -0.15) is 0 Å². The molecule has 0 radical (unpaired) electrons. The van der Waals surface area contributed by atoms with Crippen molar-refractivity contribution in [1.29, 1.82) is 0 Å². The molecule has 2 heterocycles. The summed E-state index contributed by atoms with van der Waals surface area (Å²) in [7, 11) is 0. The summed E-state index contributed by atoms with van der Waals surface area (Å²) in [6.07, 6.45) is 3.06. The van der Waals surface area contributed by atoms with Crippen LogP contribution in [0.4, 0.5) is 5.69 Å². The minimum absolute atomic E-state index is 0.0301. The van der Waals surface area contributed by atoms with Crippen molar-refractivity contribution in [3.8, 4) is 0 Å². The number of aromatic carboxylic acids is 1. The molecule has 0 saturated carbocycles. The van der Waals surface area contributed by atoms with Crippen molar-refractivity contribution in [1.82, 2.24) is 4.98 Å². The highest BCUT2D eigenvalue weighted by molar-refractivity contribution is 5.85. The number of carbonyl (C=O) groups is 2. The molecule has 1 aliphatic rings. The van der Waals surface area contributed by atoms with E-state index in [-0.39, 0.29) is 17.6 Å². The fraction of sp³-hybridized carbons (Fsp3) is 0.500.